The van der Waals surface area contributed by atoms with Crippen LogP contribution in [0, 0.1) is 0 Å². The van der Waals surface area contributed by atoms with Crippen molar-refractivity contribution in [2.45, 2.75) is 25.4 Å². The van der Waals surface area contributed by atoms with Crippen LogP contribution >= 0.6 is 0 Å². The summed E-state index contributed by atoms with van der Waals surface area (Å²) in [6.07, 6.45) is 6.71. The van der Waals surface area contributed by atoms with Gasteiger partial charge in [0.1, 0.15) is 12.7 Å². The van der Waals surface area contributed by atoms with E-state index in [0.717, 1.165) is 25.1 Å². The lowest BCUT2D eigenvalue weighted by Crippen LogP contribution is -2.37. The maximum Gasteiger partial charge on any atom is 0.253 e. The van der Waals surface area contributed by atoms with Crippen LogP contribution in [-0.4, -0.2) is 51.9 Å². The molecule has 6 heteroatoms. The number of carbonyl (C=O) groups is 1. The van der Waals surface area contributed by atoms with Crippen LogP contribution in [0.15, 0.2) is 36.9 Å². The Labute approximate surface area is 129 Å². The quantitative estimate of drug-likeness (QED) is 0.865. The first-order valence-corrected chi connectivity index (χ1v) is 7.56. The number of benzene rings is 1. The van der Waals surface area contributed by atoms with E-state index >= 15 is 0 Å². The number of rotatable bonds is 4. The van der Waals surface area contributed by atoms with Crippen LogP contribution in [0.4, 0.5) is 0 Å². The molecule has 0 radical (unpaired) electrons. The van der Waals surface area contributed by atoms with Crippen molar-refractivity contribution in [3.8, 4) is 5.69 Å². The molecule has 1 aromatic heterocycles. The summed E-state index contributed by atoms with van der Waals surface area (Å²) in [5, 5.41) is 7.57. The minimum absolute atomic E-state index is 0.00379. The largest absolute Gasteiger partial charge is 0.376 e. The average molecular weight is 300 g/mol. The summed E-state index contributed by atoms with van der Waals surface area (Å²) < 4.78 is 7.48. The first-order valence-electron chi connectivity index (χ1n) is 7.56. The number of nitrogens with zero attached hydrogens (tertiary/aromatic N) is 4. The van der Waals surface area contributed by atoms with E-state index < -0.39 is 0 Å². The molecule has 1 atom stereocenters. The second-order valence-electron chi connectivity index (χ2n) is 5.59. The first-order chi connectivity index (χ1) is 10.7. The van der Waals surface area contributed by atoms with Crippen LogP contribution in [0.3, 0.4) is 0 Å². The van der Waals surface area contributed by atoms with E-state index in [9.17, 15) is 4.79 Å². The zero-order valence-corrected chi connectivity index (χ0v) is 12.7. The third-order valence-electron chi connectivity index (χ3n) is 3.91. The van der Waals surface area contributed by atoms with E-state index in [4.69, 9.17) is 4.74 Å². The van der Waals surface area contributed by atoms with Crippen molar-refractivity contribution in [2.75, 3.05) is 20.2 Å². The molecule has 0 unspecified atom stereocenters. The molecular formula is C16H20N4O2. The molecule has 22 heavy (non-hydrogen) atoms. The minimum atomic E-state index is 0.00379. The van der Waals surface area contributed by atoms with Gasteiger partial charge in [-0.3, -0.25) is 9.36 Å². The van der Waals surface area contributed by atoms with Crippen molar-refractivity contribution in [1.82, 2.24) is 19.7 Å². The van der Waals surface area contributed by atoms with E-state index in [0.29, 0.717) is 12.1 Å². The Balaban J connectivity index is 1.70. The smallest absolute Gasteiger partial charge is 0.253 e. The zero-order valence-electron chi connectivity index (χ0n) is 12.7. The number of hydrogen-bond acceptors (Lipinski definition) is 4. The Kier molecular flexibility index (Phi) is 4.48. The van der Waals surface area contributed by atoms with Gasteiger partial charge < -0.3 is 9.64 Å². The fourth-order valence-electron chi connectivity index (χ4n) is 2.69. The normalized spacial score (nSPS) is 18.1. The highest BCUT2D eigenvalue weighted by Crippen LogP contribution is 2.16. The van der Waals surface area contributed by atoms with E-state index in [1.54, 1.807) is 22.1 Å². The topological polar surface area (TPSA) is 60.2 Å². The Morgan fingerprint density at radius 1 is 1.36 bits per heavy atom. The molecule has 0 saturated carbocycles. The van der Waals surface area contributed by atoms with Gasteiger partial charge >= 0.3 is 0 Å². The number of amides is 1. The predicted octanol–water partition coefficient (Wildman–Crippen LogP) is 1.91. The lowest BCUT2D eigenvalue weighted by molar-refractivity contribution is -0.000187. The number of hydrogen-bond donors (Lipinski definition) is 0. The second-order valence-corrected chi connectivity index (χ2v) is 5.59. The molecule has 1 aliphatic rings. The molecule has 2 heterocycles. The lowest BCUT2D eigenvalue weighted by atomic mass is 10.1. The maximum atomic E-state index is 12.6. The van der Waals surface area contributed by atoms with Gasteiger partial charge in [-0.2, -0.15) is 0 Å². The summed E-state index contributed by atoms with van der Waals surface area (Å²) in [6.45, 7) is 1.44. The van der Waals surface area contributed by atoms with Crippen LogP contribution in [0.25, 0.3) is 5.69 Å². The van der Waals surface area contributed by atoms with Crippen LogP contribution in [-0.2, 0) is 4.74 Å². The highest BCUT2D eigenvalue weighted by atomic mass is 16.5. The van der Waals surface area contributed by atoms with E-state index in [2.05, 4.69) is 10.2 Å². The molecule has 1 aromatic carbocycles. The fraction of sp³-hybridized carbons (Fsp3) is 0.438. The summed E-state index contributed by atoms with van der Waals surface area (Å²) in [7, 11) is 1.83. The van der Waals surface area contributed by atoms with Gasteiger partial charge in [-0.1, -0.05) is 6.07 Å². The van der Waals surface area contributed by atoms with Crippen molar-refractivity contribution >= 4 is 5.91 Å². The summed E-state index contributed by atoms with van der Waals surface area (Å²) in [4.78, 5) is 14.3. The van der Waals surface area contributed by atoms with Gasteiger partial charge in [0.2, 0.25) is 0 Å². The Morgan fingerprint density at radius 3 is 2.91 bits per heavy atom. The number of likely N-dealkylation sites (N-methyl/N-ethyl adjacent to an activating group) is 1. The third kappa shape index (κ3) is 3.33. The van der Waals surface area contributed by atoms with Gasteiger partial charge in [0.25, 0.3) is 5.91 Å². The van der Waals surface area contributed by atoms with Crippen LogP contribution in [0.5, 0.6) is 0 Å². The molecule has 2 aromatic rings. The standard InChI is InChI=1S/C16H20N4O2/c1-19(10-15-7-2-3-8-22-15)16(21)13-5-4-6-14(9-13)20-11-17-18-12-20/h4-6,9,11-12,15H,2-3,7-8,10H2,1H3/t15-/m1/s1. The highest BCUT2D eigenvalue weighted by Gasteiger charge is 2.19. The van der Waals surface area contributed by atoms with Crippen LogP contribution < -0.4 is 0 Å². The molecule has 3 rings (SSSR count). The monoisotopic (exact) mass is 300 g/mol. The molecule has 0 N–H and O–H groups in total. The van der Waals surface area contributed by atoms with Crippen LogP contribution in [0.2, 0.25) is 0 Å². The van der Waals surface area contributed by atoms with Crippen molar-refractivity contribution in [1.29, 1.82) is 0 Å². The van der Waals surface area contributed by atoms with Gasteiger partial charge in [0.15, 0.2) is 0 Å². The van der Waals surface area contributed by atoms with Gasteiger partial charge in [0, 0.05) is 31.5 Å². The molecule has 1 fully saturated rings. The number of aromatic nitrogens is 3. The van der Waals surface area contributed by atoms with E-state index in [1.165, 1.54) is 6.42 Å². The first kappa shape index (κ1) is 14.7. The summed E-state index contributed by atoms with van der Waals surface area (Å²) in [5.74, 6) is 0.00379. The molecule has 0 aliphatic carbocycles. The Bertz CT molecular complexity index is 621. The molecule has 0 bridgehead atoms. The van der Waals surface area contributed by atoms with Gasteiger partial charge in [-0.15, -0.1) is 10.2 Å². The van der Waals surface area contributed by atoms with Gasteiger partial charge in [-0.25, -0.2) is 0 Å². The van der Waals surface area contributed by atoms with Crippen molar-refractivity contribution in [2.24, 2.45) is 0 Å². The summed E-state index contributed by atoms with van der Waals surface area (Å²) >= 11 is 0. The Hall–Kier alpha value is -2.21. The molecular weight excluding hydrogens is 280 g/mol. The van der Waals surface area contributed by atoms with Crippen LogP contribution in [0.1, 0.15) is 29.6 Å². The SMILES string of the molecule is CN(C[C@H]1CCCCO1)C(=O)c1cccc(-n2cnnc2)c1. The predicted molar refractivity (Wildman–Crippen MR) is 81.9 cm³/mol. The zero-order chi connectivity index (χ0) is 15.4. The summed E-state index contributed by atoms with van der Waals surface area (Å²) in [5.41, 5.74) is 1.53. The Morgan fingerprint density at radius 2 is 2.18 bits per heavy atom. The number of carbonyl (C=O) groups excluding carboxylic acids is 1. The molecule has 0 spiro atoms. The van der Waals surface area contributed by atoms with Crippen molar-refractivity contribution in [3.63, 3.8) is 0 Å². The molecule has 6 nitrogen and oxygen atoms in total. The highest BCUT2D eigenvalue weighted by molar-refractivity contribution is 5.94. The average Bonchev–Trinajstić information content (AvgIpc) is 3.10. The molecule has 1 amide bonds. The van der Waals surface area contributed by atoms with Crippen molar-refractivity contribution < 1.29 is 9.53 Å². The molecule has 1 saturated heterocycles. The second kappa shape index (κ2) is 6.70. The fourth-order valence-corrected chi connectivity index (χ4v) is 2.69. The minimum Gasteiger partial charge on any atom is -0.376 e. The molecule has 116 valence electrons. The van der Waals surface area contributed by atoms with E-state index in [-0.39, 0.29) is 12.0 Å². The summed E-state index contributed by atoms with van der Waals surface area (Å²) in [6, 6.07) is 7.47. The van der Waals surface area contributed by atoms with Crippen molar-refractivity contribution in [3.05, 3.63) is 42.5 Å². The molecule has 1 aliphatic heterocycles. The van der Waals surface area contributed by atoms with E-state index in [1.807, 2.05) is 31.3 Å². The third-order valence-corrected chi connectivity index (χ3v) is 3.91. The number of ether oxygens (including phenoxy) is 1. The maximum absolute atomic E-state index is 12.6. The van der Waals surface area contributed by atoms with Gasteiger partial charge in [-0.05, 0) is 37.5 Å². The lowest BCUT2D eigenvalue weighted by Gasteiger charge is -2.27. The van der Waals surface area contributed by atoms with Gasteiger partial charge in [0.05, 0.1) is 6.10 Å².